The predicted octanol–water partition coefficient (Wildman–Crippen LogP) is 1.57. The Hall–Kier alpha value is -0.900. The van der Waals surface area contributed by atoms with Crippen molar-refractivity contribution in [3.8, 4) is 0 Å². The van der Waals surface area contributed by atoms with E-state index in [1.165, 1.54) is 6.42 Å². The summed E-state index contributed by atoms with van der Waals surface area (Å²) in [4.78, 5) is 2.21. The van der Waals surface area contributed by atoms with Crippen LogP contribution in [0.1, 0.15) is 30.9 Å². The second-order valence-electron chi connectivity index (χ2n) is 4.75. The third-order valence-corrected chi connectivity index (χ3v) is 3.55. The van der Waals surface area contributed by atoms with Crippen molar-refractivity contribution in [1.29, 1.82) is 0 Å². The van der Waals surface area contributed by atoms with Crippen LogP contribution in [0, 0.1) is 0 Å². The Labute approximate surface area is 103 Å². The summed E-state index contributed by atoms with van der Waals surface area (Å²) in [6.07, 6.45) is 2.93. The van der Waals surface area contributed by atoms with E-state index < -0.39 is 6.10 Å². The fourth-order valence-electron chi connectivity index (χ4n) is 2.51. The van der Waals surface area contributed by atoms with Crippen molar-refractivity contribution < 1.29 is 10.2 Å². The van der Waals surface area contributed by atoms with Gasteiger partial charge in [0.1, 0.15) is 0 Å². The molecular formula is C14H21NO2. The molecule has 0 amide bonds. The highest BCUT2D eigenvalue weighted by Crippen LogP contribution is 2.21. The smallest absolute Gasteiger partial charge is 0.0917 e. The SMILES string of the molecule is OCC1CCCCN1CC(O)c1ccccc1. The first kappa shape index (κ1) is 12.6. The topological polar surface area (TPSA) is 43.7 Å². The van der Waals surface area contributed by atoms with Crippen LogP contribution in [0.3, 0.4) is 0 Å². The molecule has 94 valence electrons. The van der Waals surface area contributed by atoms with E-state index in [-0.39, 0.29) is 12.6 Å². The summed E-state index contributed by atoms with van der Waals surface area (Å²) in [6.45, 7) is 1.80. The molecule has 2 N–H and O–H groups in total. The van der Waals surface area contributed by atoms with E-state index in [2.05, 4.69) is 4.90 Å². The van der Waals surface area contributed by atoms with Crippen LogP contribution in [0.5, 0.6) is 0 Å². The molecule has 0 aromatic heterocycles. The molecule has 1 saturated heterocycles. The molecule has 1 aliphatic heterocycles. The zero-order valence-corrected chi connectivity index (χ0v) is 10.1. The molecule has 1 fully saturated rings. The first-order chi connectivity index (χ1) is 8.31. The maximum absolute atomic E-state index is 10.2. The first-order valence-electron chi connectivity index (χ1n) is 6.39. The quantitative estimate of drug-likeness (QED) is 0.832. The number of hydrogen-bond donors (Lipinski definition) is 2. The number of piperidine rings is 1. The van der Waals surface area contributed by atoms with Crippen molar-refractivity contribution in [3.63, 3.8) is 0 Å². The number of aliphatic hydroxyl groups excluding tert-OH is 2. The second-order valence-corrected chi connectivity index (χ2v) is 4.75. The van der Waals surface area contributed by atoms with Crippen LogP contribution in [0.2, 0.25) is 0 Å². The van der Waals surface area contributed by atoms with Crippen molar-refractivity contribution >= 4 is 0 Å². The third-order valence-electron chi connectivity index (χ3n) is 3.55. The highest BCUT2D eigenvalue weighted by Gasteiger charge is 2.23. The minimum Gasteiger partial charge on any atom is -0.395 e. The van der Waals surface area contributed by atoms with Crippen molar-refractivity contribution in [2.24, 2.45) is 0 Å². The van der Waals surface area contributed by atoms with Gasteiger partial charge in [0.15, 0.2) is 0 Å². The average Bonchev–Trinajstić information content (AvgIpc) is 2.40. The minimum atomic E-state index is -0.455. The highest BCUT2D eigenvalue weighted by molar-refractivity contribution is 5.17. The van der Waals surface area contributed by atoms with Gasteiger partial charge in [0.2, 0.25) is 0 Å². The Morgan fingerprint density at radius 3 is 2.71 bits per heavy atom. The highest BCUT2D eigenvalue weighted by atomic mass is 16.3. The van der Waals surface area contributed by atoms with E-state index in [4.69, 9.17) is 0 Å². The molecule has 0 radical (unpaired) electrons. The van der Waals surface area contributed by atoms with E-state index in [0.717, 1.165) is 24.9 Å². The molecule has 1 aromatic carbocycles. The molecule has 2 atom stereocenters. The molecule has 2 unspecified atom stereocenters. The summed E-state index contributed by atoms with van der Waals surface area (Å²) in [5.74, 6) is 0. The van der Waals surface area contributed by atoms with Crippen LogP contribution in [-0.4, -0.2) is 40.9 Å². The molecule has 1 heterocycles. The number of likely N-dealkylation sites (tertiary alicyclic amines) is 1. The zero-order chi connectivity index (χ0) is 12.1. The second kappa shape index (κ2) is 6.15. The maximum Gasteiger partial charge on any atom is 0.0917 e. The summed E-state index contributed by atoms with van der Waals surface area (Å²) in [7, 11) is 0. The summed E-state index contributed by atoms with van der Waals surface area (Å²) >= 11 is 0. The van der Waals surface area contributed by atoms with Gasteiger partial charge in [0, 0.05) is 12.6 Å². The van der Waals surface area contributed by atoms with Gasteiger partial charge in [0.05, 0.1) is 12.7 Å². The van der Waals surface area contributed by atoms with E-state index >= 15 is 0 Å². The van der Waals surface area contributed by atoms with Gasteiger partial charge in [-0.2, -0.15) is 0 Å². The van der Waals surface area contributed by atoms with E-state index in [0.29, 0.717) is 6.54 Å². The molecule has 3 nitrogen and oxygen atoms in total. The Kier molecular flexibility index (Phi) is 4.54. The number of rotatable bonds is 4. The monoisotopic (exact) mass is 235 g/mol. The lowest BCUT2D eigenvalue weighted by Gasteiger charge is -2.35. The number of β-amino-alcohol motifs (C(OH)–C–C–N with tert-alkyl or cyclic N) is 1. The average molecular weight is 235 g/mol. The van der Waals surface area contributed by atoms with Gasteiger partial charge in [-0.05, 0) is 24.9 Å². The fraction of sp³-hybridized carbons (Fsp3) is 0.571. The lowest BCUT2D eigenvalue weighted by atomic mass is 10.0. The molecule has 0 saturated carbocycles. The van der Waals surface area contributed by atoms with Gasteiger partial charge in [-0.25, -0.2) is 0 Å². The first-order valence-corrected chi connectivity index (χ1v) is 6.39. The Morgan fingerprint density at radius 2 is 2.00 bits per heavy atom. The van der Waals surface area contributed by atoms with Gasteiger partial charge >= 0.3 is 0 Å². The Bertz CT molecular complexity index is 328. The largest absolute Gasteiger partial charge is 0.395 e. The van der Waals surface area contributed by atoms with Gasteiger partial charge in [0.25, 0.3) is 0 Å². The summed E-state index contributed by atoms with van der Waals surface area (Å²) in [6, 6.07) is 9.96. The van der Waals surface area contributed by atoms with Crippen molar-refractivity contribution in [3.05, 3.63) is 35.9 Å². The lowest BCUT2D eigenvalue weighted by molar-refractivity contribution is 0.0417. The molecular weight excluding hydrogens is 214 g/mol. The zero-order valence-electron chi connectivity index (χ0n) is 10.1. The van der Waals surface area contributed by atoms with Gasteiger partial charge < -0.3 is 10.2 Å². The number of benzene rings is 1. The number of hydrogen-bond acceptors (Lipinski definition) is 3. The molecule has 0 aliphatic carbocycles. The van der Waals surface area contributed by atoms with Crippen LogP contribution in [0.25, 0.3) is 0 Å². The summed E-state index contributed by atoms with van der Waals surface area (Å²) in [5.41, 5.74) is 0.953. The molecule has 0 spiro atoms. The van der Waals surface area contributed by atoms with E-state index in [1.54, 1.807) is 0 Å². The molecule has 1 aromatic rings. The van der Waals surface area contributed by atoms with Crippen LogP contribution < -0.4 is 0 Å². The van der Waals surface area contributed by atoms with Crippen LogP contribution >= 0.6 is 0 Å². The Morgan fingerprint density at radius 1 is 1.24 bits per heavy atom. The number of nitrogens with zero attached hydrogens (tertiary/aromatic N) is 1. The van der Waals surface area contributed by atoms with Gasteiger partial charge in [-0.15, -0.1) is 0 Å². The summed E-state index contributed by atoms with van der Waals surface area (Å²) < 4.78 is 0. The molecule has 3 heteroatoms. The predicted molar refractivity (Wildman–Crippen MR) is 67.7 cm³/mol. The minimum absolute atomic E-state index is 0.196. The van der Waals surface area contributed by atoms with E-state index in [1.807, 2.05) is 30.3 Å². The normalized spacial score (nSPS) is 23.5. The fourth-order valence-corrected chi connectivity index (χ4v) is 2.51. The number of aliphatic hydroxyl groups is 2. The van der Waals surface area contributed by atoms with Crippen LogP contribution in [-0.2, 0) is 0 Å². The van der Waals surface area contributed by atoms with E-state index in [9.17, 15) is 10.2 Å². The maximum atomic E-state index is 10.2. The lowest BCUT2D eigenvalue weighted by Crippen LogP contribution is -2.43. The van der Waals surface area contributed by atoms with Crippen molar-refractivity contribution in [2.75, 3.05) is 19.7 Å². The Balaban J connectivity index is 1.95. The third kappa shape index (κ3) is 3.28. The molecule has 17 heavy (non-hydrogen) atoms. The van der Waals surface area contributed by atoms with Crippen LogP contribution in [0.15, 0.2) is 30.3 Å². The summed E-state index contributed by atoms with van der Waals surface area (Å²) in [5, 5.41) is 19.5. The molecule has 0 bridgehead atoms. The van der Waals surface area contributed by atoms with Gasteiger partial charge in [-0.1, -0.05) is 36.8 Å². The standard InChI is InChI=1S/C14H21NO2/c16-11-13-8-4-5-9-15(13)10-14(17)12-6-2-1-3-7-12/h1-3,6-7,13-14,16-17H,4-5,8-11H2. The molecule has 1 aliphatic rings. The molecule has 2 rings (SSSR count). The van der Waals surface area contributed by atoms with Crippen LogP contribution in [0.4, 0.5) is 0 Å². The van der Waals surface area contributed by atoms with Gasteiger partial charge in [-0.3, -0.25) is 4.90 Å². The van der Waals surface area contributed by atoms with Crippen molar-refractivity contribution in [1.82, 2.24) is 4.90 Å². The van der Waals surface area contributed by atoms with Crippen molar-refractivity contribution in [2.45, 2.75) is 31.4 Å².